The minimum absolute atomic E-state index is 0.0171. The number of nitrogens with zero attached hydrogens (tertiary/aromatic N) is 1. The molecule has 0 fully saturated rings. The standard InChI is InChI=1S/C11H19N3O/c1-2-10(12)9-11(15)13-5-8-14-6-3-4-7-14/h3-4,6-7,10H,2,5,8-9,12H2,1H3,(H,13,15). The van der Waals surface area contributed by atoms with Crippen molar-refractivity contribution in [3.63, 3.8) is 0 Å². The molecule has 1 aromatic rings. The highest BCUT2D eigenvalue weighted by Gasteiger charge is 2.06. The molecule has 15 heavy (non-hydrogen) atoms. The first kappa shape index (κ1) is 11.8. The van der Waals surface area contributed by atoms with E-state index < -0.39 is 0 Å². The van der Waals surface area contributed by atoms with E-state index in [9.17, 15) is 4.79 Å². The SMILES string of the molecule is CCC(N)CC(=O)NCCn1cccc1. The maximum Gasteiger partial charge on any atom is 0.221 e. The van der Waals surface area contributed by atoms with Gasteiger partial charge in [-0.05, 0) is 18.6 Å². The Morgan fingerprint density at radius 1 is 1.47 bits per heavy atom. The summed E-state index contributed by atoms with van der Waals surface area (Å²) >= 11 is 0. The molecular formula is C11H19N3O. The molecule has 0 aliphatic carbocycles. The molecule has 4 nitrogen and oxygen atoms in total. The number of nitrogens with one attached hydrogen (secondary N) is 1. The van der Waals surface area contributed by atoms with Gasteiger partial charge < -0.3 is 15.6 Å². The van der Waals surface area contributed by atoms with Gasteiger partial charge in [0.1, 0.15) is 0 Å². The third-order valence-corrected chi connectivity index (χ3v) is 2.33. The molecule has 1 amide bonds. The summed E-state index contributed by atoms with van der Waals surface area (Å²) < 4.78 is 2.03. The number of amides is 1. The van der Waals surface area contributed by atoms with Crippen molar-refractivity contribution in [1.29, 1.82) is 0 Å². The minimum Gasteiger partial charge on any atom is -0.354 e. The average Bonchev–Trinajstić information content (AvgIpc) is 2.70. The van der Waals surface area contributed by atoms with Gasteiger partial charge in [0, 0.05) is 37.9 Å². The molecule has 0 saturated heterocycles. The predicted octanol–water partition coefficient (Wildman–Crippen LogP) is 0.732. The van der Waals surface area contributed by atoms with Gasteiger partial charge in [0.15, 0.2) is 0 Å². The van der Waals surface area contributed by atoms with Crippen molar-refractivity contribution in [1.82, 2.24) is 9.88 Å². The van der Waals surface area contributed by atoms with E-state index in [4.69, 9.17) is 5.73 Å². The van der Waals surface area contributed by atoms with Gasteiger partial charge in [-0.25, -0.2) is 0 Å². The van der Waals surface area contributed by atoms with Gasteiger partial charge in [-0.15, -0.1) is 0 Å². The summed E-state index contributed by atoms with van der Waals surface area (Å²) in [5, 5.41) is 2.85. The normalized spacial score (nSPS) is 12.4. The fourth-order valence-corrected chi connectivity index (χ4v) is 1.30. The molecule has 1 unspecified atom stereocenters. The summed E-state index contributed by atoms with van der Waals surface area (Å²) in [5.74, 6) is 0.0384. The molecule has 0 radical (unpaired) electrons. The molecular weight excluding hydrogens is 190 g/mol. The molecule has 0 aromatic carbocycles. The van der Waals surface area contributed by atoms with E-state index >= 15 is 0 Å². The lowest BCUT2D eigenvalue weighted by Crippen LogP contribution is -2.32. The predicted molar refractivity (Wildman–Crippen MR) is 60.3 cm³/mol. The van der Waals surface area contributed by atoms with Crippen molar-refractivity contribution in [2.45, 2.75) is 32.4 Å². The quantitative estimate of drug-likeness (QED) is 0.725. The van der Waals surface area contributed by atoms with Crippen molar-refractivity contribution in [2.24, 2.45) is 5.73 Å². The van der Waals surface area contributed by atoms with Crippen LogP contribution in [0.5, 0.6) is 0 Å². The van der Waals surface area contributed by atoms with Crippen LogP contribution in [0.4, 0.5) is 0 Å². The van der Waals surface area contributed by atoms with Crippen LogP contribution in [0.1, 0.15) is 19.8 Å². The number of hydrogen-bond donors (Lipinski definition) is 2. The van der Waals surface area contributed by atoms with Crippen LogP contribution in [0.25, 0.3) is 0 Å². The van der Waals surface area contributed by atoms with Gasteiger partial charge >= 0.3 is 0 Å². The van der Waals surface area contributed by atoms with Crippen molar-refractivity contribution in [3.05, 3.63) is 24.5 Å². The van der Waals surface area contributed by atoms with Crippen LogP contribution in [0.15, 0.2) is 24.5 Å². The van der Waals surface area contributed by atoms with Crippen molar-refractivity contribution < 1.29 is 4.79 Å². The first-order valence-electron chi connectivity index (χ1n) is 5.35. The third kappa shape index (κ3) is 4.65. The highest BCUT2D eigenvalue weighted by Crippen LogP contribution is 1.93. The van der Waals surface area contributed by atoms with Gasteiger partial charge in [-0.1, -0.05) is 6.92 Å². The van der Waals surface area contributed by atoms with E-state index in [-0.39, 0.29) is 11.9 Å². The molecule has 4 heteroatoms. The summed E-state index contributed by atoms with van der Waals surface area (Å²) in [4.78, 5) is 11.3. The fraction of sp³-hybridized carbons (Fsp3) is 0.545. The van der Waals surface area contributed by atoms with Crippen LogP contribution < -0.4 is 11.1 Å². The topological polar surface area (TPSA) is 60.1 Å². The van der Waals surface area contributed by atoms with Crippen LogP contribution in [0.3, 0.4) is 0 Å². The molecule has 0 saturated carbocycles. The lowest BCUT2D eigenvalue weighted by molar-refractivity contribution is -0.121. The van der Waals surface area contributed by atoms with Crippen molar-refractivity contribution in [3.8, 4) is 0 Å². The van der Waals surface area contributed by atoms with Crippen LogP contribution in [0.2, 0.25) is 0 Å². The highest BCUT2D eigenvalue weighted by molar-refractivity contribution is 5.76. The van der Waals surface area contributed by atoms with Gasteiger partial charge in [-0.2, -0.15) is 0 Å². The molecule has 0 bridgehead atoms. The zero-order valence-electron chi connectivity index (χ0n) is 9.15. The summed E-state index contributed by atoms with van der Waals surface area (Å²) in [6.07, 6.45) is 5.21. The third-order valence-electron chi connectivity index (χ3n) is 2.33. The van der Waals surface area contributed by atoms with E-state index in [1.807, 2.05) is 36.0 Å². The Bertz CT molecular complexity index is 282. The number of carbonyl (C=O) groups is 1. The van der Waals surface area contributed by atoms with Crippen LogP contribution in [-0.4, -0.2) is 23.1 Å². The van der Waals surface area contributed by atoms with Gasteiger partial charge in [0.05, 0.1) is 0 Å². The van der Waals surface area contributed by atoms with E-state index in [1.165, 1.54) is 0 Å². The molecule has 0 spiro atoms. The Morgan fingerprint density at radius 2 is 2.13 bits per heavy atom. The van der Waals surface area contributed by atoms with Crippen LogP contribution >= 0.6 is 0 Å². The Hall–Kier alpha value is -1.29. The smallest absolute Gasteiger partial charge is 0.221 e. The maximum atomic E-state index is 11.3. The summed E-state index contributed by atoms with van der Waals surface area (Å²) in [6, 6.07) is 3.92. The van der Waals surface area contributed by atoms with E-state index in [2.05, 4.69) is 5.32 Å². The van der Waals surface area contributed by atoms with Crippen LogP contribution in [-0.2, 0) is 11.3 Å². The lowest BCUT2D eigenvalue weighted by Gasteiger charge is -2.09. The zero-order valence-corrected chi connectivity index (χ0v) is 9.15. The molecule has 1 heterocycles. The van der Waals surface area contributed by atoms with Gasteiger partial charge in [0.25, 0.3) is 0 Å². The van der Waals surface area contributed by atoms with E-state index in [0.29, 0.717) is 13.0 Å². The maximum absolute atomic E-state index is 11.3. The lowest BCUT2D eigenvalue weighted by atomic mass is 10.1. The molecule has 3 N–H and O–H groups in total. The number of aromatic nitrogens is 1. The number of carbonyl (C=O) groups excluding carboxylic acids is 1. The second-order valence-corrected chi connectivity index (χ2v) is 3.64. The molecule has 0 aliphatic heterocycles. The highest BCUT2D eigenvalue weighted by atomic mass is 16.1. The first-order chi connectivity index (χ1) is 7.22. The monoisotopic (exact) mass is 209 g/mol. The van der Waals surface area contributed by atoms with Gasteiger partial charge in [-0.3, -0.25) is 4.79 Å². The van der Waals surface area contributed by atoms with Crippen molar-refractivity contribution in [2.75, 3.05) is 6.54 Å². The summed E-state index contributed by atoms with van der Waals surface area (Å²) in [7, 11) is 0. The van der Waals surface area contributed by atoms with E-state index in [0.717, 1.165) is 13.0 Å². The largest absolute Gasteiger partial charge is 0.354 e. The Labute approximate surface area is 90.5 Å². The van der Waals surface area contributed by atoms with Crippen molar-refractivity contribution >= 4 is 5.91 Å². The van der Waals surface area contributed by atoms with Gasteiger partial charge in [0.2, 0.25) is 5.91 Å². The average molecular weight is 209 g/mol. The molecule has 84 valence electrons. The molecule has 1 atom stereocenters. The fourth-order valence-electron chi connectivity index (χ4n) is 1.30. The molecule has 1 rings (SSSR count). The number of nitrogens with two attached hydrogens (primary N) is 1. The summed E-state index contributed by atoms with van der Waals surface area (Å²) in [5.41, 5.74) is 5.67. The van der Waals surface area contributed by atoms with Crippen LogP contribution in [0, 0.1) is 0 Å². The molecule has 1 aromatic heterocycles. The Balaban J connectivity index is 2.12. The Kier molecular flexibility index (Phi) is 4.90. The number of rotatable bonds is 6. The second-order valence-electron chi connectivity index (χ2n) is 3.64. The second kappa shape index (κ2) is 6.24. The molecule has 0 aliphatic rings. The first-order valence-corrected chi connectivity index (χ1v) is 5.35. The van der Waals surface area contributed by atoms with E-state index in [1.54, 1.807) is 0 Å². The zero-order chi connectivity index (χ0) is 11.1. The summed E-state index contributed by atoms with van der Waals surface area (Å²) in [6.45, 7) is 3.45. The minimum atomic E-state index is -0.0171. The Morgan fingerprint density at radius 3 is 2.73 bits per heavy atom. The number of hydrogen-bond acceptors (Lipinski definition) is 2.